The zero-order valence-corrected chi connectivity index (χ0v) is 9.87. The average molecular weight is 246 g/mol. The number of nitrogens with zero attached hydrogens (tertiary/aromatic N) is 3. The van der Waals surface area contributed by atoms with Crippen LogP contribution in [0.15, 0.2) is 24.4 Å². The third-order valence-corrected chi connectivity index (χ3v) is 3.42. The number of rotatable bonds is 1. The van der Waals surface area contributed by atoms with Crippen molar-refractivity contribution in [1.29, 1.82) is 0 Å². The molecule has 1 aliphatic rings. The minimum Gasteiger partial charge on any atom is -0.561 e. The lowest BCUT2D eigenvalue weighted by molar-refractivity contribution is -1.18. The topological polar surface area (TPSA) is 83.1 Å². The van der Waals surface area contributed by atoms with Crippen LogP contribution in [-0.2, 0) is 0 Å². The van der Waals surface area contributed by atoms with Crippen molar-refractivity contribution in [3.05, 3.63) is 34.8 Å². The maximum absolute atomic E-state index is 11.9. The summed E-state index contributed by atoms with van der Waals surface area (Å²) in [7, 11) is 0. The number of nitrogens with two attached hydrogens (primary N) is 1. The van der Waals surface area contributed by atoms with Gasteiger partial charge in [0.25, 0.3) is 6.20 Å². The predicted octanol–water partition coefficient (Wildman–Crippen LogP) is 0.289. The summed E-state index contributed by atoms with van der Waals surface area (Å²) < 4.78 is 0. The Morgan fingerprint density at radius 2 is 1.83 bits per heavy atom. The Kier molecular flexibility index (Phi) is 2.36. The molecule has 0 amide bonds. The molecule has 1 aliphatic heterocycles. The number of benzene rings is 1. The second-order valence-corrected chi connectivity index (χ2v) is 4.52. The highest BCUT2D eigenvalue weighted by molar-refractivity contribution is 5.96. The smallest absolute Gasteiger partial charge is 0.320 e. The van der Waals surface area contributed by atoms with Crippen LogP contribution in [0, 0.1) is 10.4 Å². The molecule has 0 radical (unpaired) electrons. The van der Waals surface area contributed by atoms with Crippen molar-refractivity contribution in [1.82, 2.24) is 0 Å². The summed E-state index contributed by atoms with van der Waals surface area (Å²) in [5.41, 5.74) is 7.52. The van der Waals surface area contributed by atoms with E-state index < -0.39 is 0 Å². The summed E-state index contributed by atoms with van der Waals surface area (Å²) >= 11 is 0. The van der Waals surface area contributed by atoms with Gasteiger partial charge in [0.05, 0.1) is 15.1 Å². The highest BCUT2D eigenvalue weighted by atomic mass is 16.6. The summed E-state index contributed by atoms with van der Waals surface area (Å²) in [5.74, 6) is 0. The van der Waals surface area contributed by atoms with Gasteiger partial charge in [0.1, 0.15) is 5.69 Å². The molecule has 1 saturated heterocycles. The van der Waals surface area contributed by atoms with E-state index in [0.717, 1.165) is 31.6 Å². The first kappa shape index (κ1) is 10.9. The van der Waals surface area contributed by atoms with E-state index in [4.69, 9.17) is 5.73 Å². The lowest BCUT2D eigenvalue weighted by Crippen LogP contribution is -2.60. The minimum atomic E-state index is 0.279. The van der Waals surface area contributed by atoms with Gasteiger partial charge in [0.15, 0.2) is 0 Å². The van der Waals surface area contributed by atoms with E-state index in [1.165, 1.54) is 6.20 Å². The quantitative estimate of drug-likeness (QED) is 0.445. The molecule has 3 rings (SSSR count). The van der Waals surface area contributed by atoms with Crippen LogP contribution in [0.4, 0.5) is 11.4 Å². The second kappa shape index (κ2) is 3.90. The van der Waals surface area contributed by atoms with Gasteiger partial charge >= 0.3 is 5.52 Å². The zero-order chi connectivity index (χ0) is 12.7. The first-order chi connectivity index (χ1) is 8.68. The zero-order valence-electron chi connectivity index (χ0n) is 9.87. The summed E-state index contributed by atoms with van der Waals surface area (Å²) in [6, 6.07) is 5.19. The Bertz CT molecular complexity index is 609. The molecule has 0 bridgehead atoms. The molecule has 2 N–H and O–H groups in total. The molecule has 0 atom stereocenters. The van der Waals surface area contributed by atoms with Crippen LogP contribution in [0.3, 0.4) is 0 Å². The van der Waals surface area contributed by atoms with E-state index >= 15 is 0 Å². The van der Waals surface area contributed by atoms with Crippen LogP contribution in [0.25, 0.3) is 10.9 Å². The van der Waals surface area contributed by atoms with Crippen molar-refractivity contribution < 1.29 is 9.69 Å². The van der Waals surface area contributed by atoms with Crippen molar-refractivity contribution >= 4 is 22.3 Å². The first-order valence-corrected chi connectivity index (χ1v) is 5.97. The second-order valence-electron chi connectivity index (χ2n) is 4.52. The van der Waals surface area contributed by atoms with E-state index in [1.807, 2.05) is 6.07 Å². The average Bonchev–Trinajstić information content (AvgIpc) is 2.88. The van der Waals surface area contributed by atoms with Crippen LogP contribution in [0.2, 0.25) is 0 Å². The summed E-state index contributed by atoms with van der Waals surface area (Å²) in [6.45, 7) is 1.82. The largest absolute Gasteiger partial charge is 0.561 e. The summed E-state index contributed by atoms with van der Waals surface area (Å²) in [5, 5.41) is 24.0. The highest BCUT2D eigenvalue weighted by Crippen LogP contribution is 2.29. The number of nitrogen functional groups attached to an aromatic ring is 1. The van der Waals surface area contributed by atoms with Gasteiger partial charge in [-0.2, -0.15) is 0 Å². The van der Waals surface area contributed by atoms with Gasteiger partial charge in [0.2, 0.25) is 0 Å². The molecule has 1 aromatic heterocycles. The van der Waals surface area contributed by atoms with E-state index in [2.05, 4.69) is 4.90 Å². The number of hydrogen-bond acceptors (Lipinski definition) is 4. The van der Waals surface area contributed by atoms with E-state index in [-0.39, 0.29) is 4.85 Å². The molecule has 0 spiro atoms. The van der Waals surface area contributed by atoms with Gasteiger partial charge in [-0.25, -0.2) is 0 Å². The molecule has 1 fully saturated rings. The van der Waals surface area contributed by atoms with E-state index in [1.54, 1.807) is 12.1 Å². The number of hydrogen-bond donors (Lipinski definition) is 1. The van der Waals surface area contributed by atoms with Gasteiger partial charge in [-0.05, 0) is 25.0 Å². The van der Waals surface area contributed by atoms with Gasteiger partial charge in [-0.1, -0.05) is 0 Å². The molecule has 94 valence electrons. The Morgan fingerprint density at radius 3 is 2.56 bits per heavy atom. The fourth-order valence-electron chi connectivity index (χ4n) is 2.50. The molecule has 0 saturated carbocycles. The van der Waals surface area contributed by atoms with Crippen LogP contribution in [0.5, 0.6) is 0 Å². The molecule has 6 nitrogen and oxygen atoms in total. The van der Waals surface area contributed by atoms with Crippen molar-refractivity contribution in [3.8, 4) is 0 Å². The van der Waals surface area contributed by atoms with Crippen molar-refractivity contribution in [2.24, 2.45) is 0 Å². The Balaban J connectivity index is 2.31. The third kappa shape index (κ3) is 1.49. The number of fused-ring (bicyclic) bond motifs is 1. The molecule has 2 heterocycles. The Hall–Kier alpha value is -2.24. The maximum atomic E-state index is 11.9. The lowest BCUT2D eigenvalue weighted by atomic mass is 10.1. The SMILES string of the molecule is Nc1ccc(N2CCCC2)c2c1cc[n+]([O-])[n+]2[O-]. The van der Waals surface area contributed by atoms with Gasteiger partial charge in [-0.15, -0.1) is 0 Å². The van der Waals surface area contributed by atoms with Crippen LogP contribution in [-0.4, -0.2) is 13.1 Å². The number of anilines is 2. The molecule has 2 aromatic rings. The van der Waals surface area contributed by atoms with E-state index in [9.17, 15) is 10.4 Å². The Morgan fingerprint density at radius 1 is 1.11 bits per heavy atom. The monoisotopic (exact) mass is 246 g/mol. The summed E-state index contributed by atoms with van der Waals surface area (Å²) in [4.78, 5) is 2.76. The molecule has 18 heavy (non-hydrogen) atoms. The fourth-order valence-corrected chi connectivity index (χ4v) is 2.50. The normalized spacial score (nSPS) is 15.4. The molecular formula is C12H14N4O2. The number of aromatic nitrogens is 2. The van der Waals surface area contributed by atoms with Gasteiger partial charge in [-0.3, -0.25) is 0 Å². The standard InChI is InChI=1S/C12H14N4O2/c13-10-3-4-11(14-6-1-2-7-14)12-9(10)5-8-15(17)16(12)18/h3-5,8H,1-2,6-7,13H2. The first-order valence-electron chi connectivity index (χ1n) is 5.97. The van der Waals surface area contributed by atoms with Crippen LogP contribution >= 0.6 is 0 Å². The van der Waals surface area contributed by atoms with Crippen LogP contribution in [0.1, 0.15) is 12.8 Å². The molecule has 6 heteroatoms. The van der Waals surface area contributed by atoms with Gasteiger partial charge in [0, 0.05) is 24.8 Å². The minimum absolute atomic E-state index is 0.279. The van der Waals surface area contributed by atoms with E-state index in [0.29, 0.717) is 21.4 Å². The van der Waals surface area contributed by atoms with Crippen molar-refractivity contribution in [2.45, 2.75) is 12.8 Å². The Labute approximate surface area is 104 Å². The summed E-state index contributed by atoms with van der Waals surface area (Å²) in [6.07, 6.45) is 3.39. The molecule has 0 unspecified atom stereocenters. The van der Waals surface area contributed by atoms with Crippen molar-refractivity contribution in [3.63, 3.8) is 0 Å². The maximum Gasteiger partial charge on any atom is 0.320 e. The molecule has 1 aromatic carbocycles. The third-order valence-electron chi connectivity index (χ3n) is 3.42. The molecular weight excluding hydrogens is 232 g/mol. The van der Waals surface area contributed by atoms with Gasteiger partial charge < -0.3 is 21.0 Å². The molecule has 0 aliphatic carbocycles. The van der Waals surface area contributed by atoms with Crippen molar-refractivity contribution in [2.75, 3.05) is 23.7 Å². The predicted molar refractivity (Wildman–Crippen MR) is 67.7 cm³/mol. The highest BCUT2D eigenvalue weighted by Gasteiger charge is 2.24. The van der Waals surface area contributed by atoms with Crippen LogP contribution < -0.4 is 20.3 Å². The lowest BCUT2D eigenvalue weighted by Gasteiger charge is -2.17. The fraction of sp³-hybridized carbons (Fsp3) is 0.333.